The van der Waals surface area contributed by atoms with E-state index in [1.54, 1.807) is 24.3 Å². The highest BCUT2D eigenvalue weighted by molar-refractivity contribution is 6.30. The van der Waals surface area contributed by atoms with Gasteiger partial charge < -0.3 is 0 Å². The average molecular weight is 196 g/mol. The number of halogens is 1. The molecule has 0 unspecified atom stereocenters. The van der Waals surface area contributed by atoms with Crippen LogP contribution in [0.1, 0.15) is 17.3 Å². The lowest BCUT2D eigenvalue weighted by atomic mass is 10.1. The van der Waals surface area contributed by atoms with Gasteiger partial charge in [-0.15, -0.1) is 0 Å². The zero-order chi connectivity index (χ0) is 9.84. The second-order valence-electron chi connectivity index (χ2n) is 2.63. The Labute approximate surface area is 81.5 Å². The average Bonchev–Trinajstić information content (AvgIpc) is 2.04. The molecule has 0 spiro atoms. The van der Waals surface area contributed by atoms with Crippen molar-refractivity contribution in [2.24, 2.45) is 0 Å². The first-order valence-electron chi connectivity index (χ1n) is 3.75. The lowest BCUT2D eigenvalue weighted by Crippen LogP contribution is -2.05. The van der Waals surface area contributed by atoms with Crippen LogP contribution in [0.5, 0.6) is 0 Å². The van der Waals surface area contributed by atoms with E-state index >= 15 is 0 Å². The minimum atomic E-state index is -0.288. The van der Waals surface area contributed by atoms with E-state index in [2.05, 4.69) is 0 Å². The SMILES string of the molecule is CC(=O)[CH]C(=O)c1ccc(Cl)cc1. The van der Waals surface area contributed by atoms with Crippen molar-refractivity contribution >= 4 is 23.2 Å². The molecule has 0 aliphatic carbocycles. The summed E-state index contributed by atoms with van der Waals surface area (Å²) in [5, 5.41) is 0.569. The fraction of sp³-hybridized carbons (Fsp3) is 0.100. The van der Waals surface area contributed by atoms with Crippen molar-refractivity contribution in [3.63, 3.8) is 0 Å². The van der Waals surface area contributed by atoms with Crippen LogP contribution < -0.4 is 0 Å². The zero-order valence-electron chi connectivity index (χ0n) is 7.08. The number of rotatable bonds is 3. The van der Waals surface area contributed by atoms with Crippen molar-refractivity contribution in [2.45, 2.75) is 6.92 Å². The number of hydrogen-bond acceptors (Lipinski definition) is 2. The molecular weight excluding hydrogens is 188 g/mol. The van der Waals surface area contributed by atoms with E-state index in [1.807, 2.05) is 0 Å². The number of ketones is 2. The van der Waals surface area contributed by atoms with Crippen LogP contribution in [0.15, 0.2) is 24.3 Å². The van der Waals surface area contributed by atoms with Crippen molar-refractivity contribution < 1.29 is 9.59 Å². The number of hydrogen-bond donors (Lipinski definition) is 0. The van der Waals surface area contributed by atoms with Gasteiger partial charge in [0.05, 0.1) is 6.42 Å². The quantitative estimate of drug-likeness (QED) is 0.548. The number of carbonyl (C=O) groups is 2. The molecule has 1 aromatic rings. The summed E-state index contributed by atoms with van der Waals surface area (Å²) in [6.45, 7) is 1.34. The Morgan fingerprint density at radius 1 is 1.23 bits per heavy atom. The van der Waals surface area contributed by atoms with Crippen LogP contribution in [0.3, 0.4) is 0 Å². The van der Waals surface area contributed by atoms with Gasteiger partial charge in [0.1, 0.15) is 5.78 Å². The smallest absolute Gasteiger partial charge is 0.174 e. The summed E-state index contributed by atoms with van der Waals surface area (Å²) in [5.74, 6) is -0.538. The molecule has 13 heavy (non-hydrogen) atoms. The predicted molar refractivity (Wildman–Crippen MR) is 50.8 cm³/mol. The third-order valence-corrected chi connectivity index (χ3v) is 1.72. The molecule has 0 aromatic heterocycles. The first-order valence-corrected chi connectivity index (χ1v) is 4.12. The third-order valence-electron chi connectivity index (χ3n) is 1.46. The molecule has 0 saturated heterocycles. The molecule has 1 rings (SSSR count). The lowest BCUT2D eigenvalue weighted by Gasteiger charge is -1.97. The van der Waals surface area contributed by atoms with Crippen molar-refractivity contribution in [1.82, 2.24) is 0 Å². The third kappa shape index (κ3) is 2.99. The zero-order valence-corrected chi connectivity index (χ0v) is 7.84. The molecule has 2 nitrogen and oxygen atoms in total. The molecule has 0 aliphatic heterocycles. The summed E-state index contributed by atoms with van der Waals surface area (Å²) in [7, 11) is 0. The Bertz CT molecular complexity index is 327. The van der Waals surface area contributed by atoms with E-state index in [4.69, 9.17) is 11.6 Å². The maximum Gasteiger partial charge on any atom is 0.174 e. The molecule has 0 atom stereocenters. The Morgan fingerprint density at radius 3 is 2.23 bits per heavy atom. The standard InChI is InChI=1S/C10H8ClO2/c1-7(12)6-10(13)8-2-4-9(11)5-3-8/h2-6H,1H3. The number of Topliss-reactive ketones (excluding diaryl/α,β-unsaturated/α-hetero) is 2. The second-order valence-corrected chi connectivity index (χ2v) is 3.06. The van der Waals surface area contributed by atoms with Gasteiger partial charge in [0, 0.05) is 10.6 Å². The highest BCUT2D eigenvalue weighted by Gasteiger charge is 2.08. The maximum absolute atomic E-state index is 11.2. The monoisotopic (exact) mass is 195 g/mol. The first kappa shape index (κ1) is 9.93. The number of carbonyl (C=O) groups excluding carboxylic acids is 2. The summed E-state index contributed by atoms with van der Waals surface area (Å²) in [6.07, 6.45) is 1.06. The topological polar surface area (TPSA) is 34.1 Å². The largest absolute Gasteiger partial charge is 0.299 e. The Morgan fingerprint density at radius 2 is 1.77 bits per heavy atom. The van der Waals surface area contributed by atoms with Crippen molar-refractivity contribution in [3.05, 3.63) is 41.3 Å². The summed E-state index contributed by atoms with van der Waals surface area (Å²) in [4.78, 5) is 21.8. The molecule has 0 aliphatic rings. The summed E-state index contributed by atoms with van der Waals surface area (Å²) < 4.78 is 0. The van der Waals surface area contributed by atoms with Gasteiger partial charge in [0.2, 0.25) is 0 Å². The Hall–Kier alpha value is -1.15. The highest BCUT2D eigenvalue weighted by Crippen LogP contribution is 2.10. The molecule has 0 bridgehead atoms. The van der Waals surface area contributed by atoms with Gasteiger partial charge in [-0.25, -0.2) is 0 Å². The van der Waals surface area contributed by atoms with Crippen LogP contribution in [0, 0.1) is 6.42 Å². The molecule has 1 radical (unpaired) electrons. The normalized spacial score (nSPS) is 9.69. The van der Waals surface area contributed by atoms with Gasteiger partial charge in [-0.1, -0.05) is 11.6 Å². The molecule has 0 amide bonds. The van der Waals surface area contributed by atoms with Gasteiger partial charge in [0.25, 0.3) is 0 Å². The molecule has 3 heteroatoms. The van der Waals surface area contributed by atoms with Gasteiger partial charge in [0.15, 0.2) is 5.78 Å². The van der Waals surface area contributed by atoms with E-state index in [9.17, 15) is 9.59 Å². The van der Waals surface area contributed by atoms with E-state index < -0.39 is 0 Å². The van der Waals surface area contributed by atoms with Crippen molar-refractivity contribution in [1.29, 1.82) is 0 Å². The minimum Gasteiger partial charge on any atom is -0.299 e. The molecular formula is C10H8ClO2. The second kappa shape index (κ2) is 4.19. The van der Waals surface area contributed by atoms with E-state index in [-0.39, 0.29) is 11.6 Å². The summed E-state index contributed by atoms with van der Waals surface area (Å²) in [6, 6.07) is 6.40. The van der Waals surface area contributed by atoms with Gasteiger partial charge in [-0.3, -0.25) is 9.59 Å². The van der Waals surface area contributed by atoms with Crippen LogP contribution in [0.2, 0.25) is 5.02 Å². The lowest BCUT2D eigenvalue weighted by molar-refractivity contribution is -0.113. The number of benzene rings is 1. The first-order chi connectivity index (χ1) is 6.09. The highest BCUT2D eigenvalue weighted by atomic mass is 35.5. The van der Waals surface area contributed by atoms with Crippen molar-refractivity contribution in [3.8, 4) is 0 Å². The fourth-order valence-electron chi connectivity index (χ4n) is 0.882. The molecule has 0 saturated carbocycles. The maximum atomic E-state index is 11.2. The fourth-order valence-corrected chi connectivity index (χ4v) is 1.01. The van der Waals surface area contributed by atoms with Crippen LogP contribution >= 0.6 is 11.6 Å². The van der Waals surface area contributed by atoms with E-state index in [0.717, 1.165) is 6.42 Å². The molecule has 0 N–H and O–H groups in total. The Balaban J connectivity index is 2.78. The van der Waals surface area contributed by atoms with Crippen LogP contribution in [0.25, 0.3) is 0 Å². The summed E-state index contributed by atoms with van der Waals surface area (Å²) in [5.41, 5.74) is 0.472. The molecule has 0 heterocycles. The van der Waals surface area contributed by atoms with Crippen LogP contribution in [-0.2, 0) is 4.79 Å². The van der Waals surface area contributed by atoms with Gasteiger partial charge >= 0.3 is 0 Å². The van der Waals surface area contributed by atoms with E-state index in [0.29, 0.717) is 10.6 Å². The van der Waals surface area contributed by atoms with Crippen molar-refractivity contribution in [2.75, 3.05) is 0 Å². The molecule has 67 valence electrons. The van der Waals surface area contributed by atoms with Crippen LogP contribution in [-0.4, -0.2) is 11.6 Å². The van der Waals surface area contributed by atoms with Gasteiger partial charge in [-0.2, -0.15) is 0 Å². The van der Waals surface area contributed by atoms with Crippen LogP contribution in [0.4, 0.5) is 0 Å². The molecule has 0 fully saturated rings. The van der Waals surface area contributed by atoms with Gasteiger partial charge in [-0.05, 0) is 31.2 Å². The Kier molecular flexibility index (Phi) is 3.20. The predicted octanol–water partition coefficient (Wildman–Crippen LogP) is 2.32. The summed E-state index contributed by atoms with van der Waals surface area (Å²) >= 11 is 5.63. The van der Waals surface area contributed by atoms with E-state index in [1.165, 1.54) is 6.92 Å². The minimum absolute atomic E-state index is 0.250. The molecule has 1 aromatic carbocycles.